The van der Waals surface area contributed by atoms with Crippen LogP contribution in [0.15, 0.2) is 42.5 Å². The highest BCUT2D eigenvalue weighted by Crippen LogP contribution is 2.16. The van der Waals surface area contributed by atoms with Crippen LogP contribution in [0, 0.1) is 0 Å². The molecule has 0 spiro atoms. The van der Waals surface area contributed by atoms with Gasteiger partial charge in [-0.25, -0.2) is 4.79 Å². The Balaban J connectivity index is 2.65. The van der Waals surface area contributed by atoms with Crippen molar-refractivity contribution in [3.63, 3.8) is 0 Å². The normalized spacial score (nSPS) is 14.2. The van der Waals surface area contributed by atoms with Gasteiger partial charge in [0.05, 0.1) is 12.6 Å². The van der Waals surface area contributed by atoms with Crippen LogP contribution >= 0.6 is 0 Å². The fraction of sp³-hybridized carbons (Fsp3) is 0.400. The number of hydrogen-bond acceptors (Lipinski definition) is 2. The van der Waals surface area contributed by atoms with Gasteiger partial charge in [-0.05, 0) is 32.3 Å². The smallest absolute Gasteiger partial charge is 0.407 e. The zero-order valence-corrected chi connectivity index (χ0v) is 11.3. The van der Waals surface area contributed by atoms with Gasteiger partial charge in [0.25, 0.3) is 0 Å². The molecule has 0 unspecified atom stereocenters. The van der Waals surface area contributed by atoms with Crippen LogP contribution in [0.1, 0.15) is 25.8 Å². The van der Waals surface area contributed by atoms with Crippen molar-refractivity contribution in [2.45, 2.75) is 32.2 Å². The first-order valence-electron chi connectivity index (χ1n) is 6.13. The lowest BCUT2D eigenvalue weighted by Gasteiger charge is -2.27. The average Bonchev–Trinajstić information content (AvgIpc) is 2.38. The van der Waals surface area contributed by atoms with Crippen molar-refractivity contribution in [2.75, 3.05) is 7.11 Å². The van der Waals surface area contributed by atoms with E-state index < -0.39 is 6.09 Å². The molecule has 98 valence electrons. The number of alkyl carbamates (subject to hydrolysis) is 1. The molecule has 0 radical (unpaired) electrons. The Morgan fingerprint density at radius 3 is 2.61 bits per heavy atom. The van der Waals surface area contributed by atoms with E-state index in [1.807, 2.05) is 44.2 Å². The van der Waals surface area contributed by atoms with Crippen molar-refractivity contribution < 1.29 is 9.53 Å². The van der Waals surface area contributed by atoms with Crippen molar-refractivity contribution in [3.8, 4) is 0 Å². The topological polar surface area (TPSA) is 38.3 Å². The Morgan fingerprint density at radius 2 is 2.06 bits per heavy atom. The van der Waals surface area contributed by atoms with Gasteiger partial charge in [-0.2, -0.15) is 0 Å². The average molecular weight is 247 g/mol. The Bertz CT molecular complexity index is 400. The summed E-state index contributed by atoms with van der Waals surface area (Å²) in [5.74, 6) is 0. The van der Waals surface area contributed by atoms with E-state index in [0.717, 1.165) is 12.8 Å². The largest absolute Gasteiger partial charge is 0.453 e. The van der Waals surface area contributed by atoms with E-state index in [2.05, 4.69) is 22.2 Å². The van der Waals surface area contributed by atoms with Crippen LogP contribution in [0.5, 0.6) is 0 Å². The second-order valence-corrected chi connectivity index (χ2v) is 4.52. The van der Waals surface area contributed by atoms with E-state index in [1.165, 1.54) is 12.7 Å². The molecule has 0 aliphatic heterocycles. The van der Waals surface area contributed by atoms with Crippen LogP contribution < -0.4 is 5.32 Å². The summed E-state index contributed by atoms with van der Waals surface area (Å²) >= 11 is 0. The van der Waals surface area contributed by atoms with Gasteiger partial charge in [0, 0.05) is 0 Å². The number of rotatable bonds is 5. The van der Waals surface area contributed by atoms with Crippen LogP contribution in [0.4, 0.5) is 4.79 Å². The molecular weight excluding hydrogens is 226 g/mol. The number of methoxy groups -OCH3 is 1. The molecule has 0 heterocycles. The summed E-state index contributed by atoms with van der Waals surface area (Å²) < 4.78 is 4.66. The number of aryl methyl sites for hydroxylation is 1. The predicted molar refractivity (Wildman–Crippen MR) is 73.5 cm³/mol. The maximum absolute atomic E-state index is 11.3. The van der Waals surface area contributed by atoms with Gasteiger partial charge in [-0.3, -0.25) is 0 Å². The van der Waals surface area contributed by atoms with Crippen molar-refractivity contribution in [1.29, 1.82) is 0 Å². The molecule has 1 amide bonds. The first kappa shape index (κ1) is 14.3. The highest BCUT2D eigenvalue weighted by molar-refractivity contribution is 5.68. The van der Waals surface area contributed by atoms with Gasteiger partial charge >= 0.3 is 6.09 Å². The summed E-state index contributed by atoms with van der Waals surface area (Å²) in [7, 11) is 1.38. The Kier molecular flexibility index (Phi) is 5.43. The number of nitrogens with one attached hydrogen (secondary N) is 1. The minimum Gasteiger partial charge on any atom is -0.453 e. The van der Waals surface area contributed by atoms with E-state index in [0.29, 0.717) is 0 Å². The Labute approximate surface area is 109 Å². The van der Waals surface area contributed by atoms with E-state index in [4.69, 9.17) is 0 Å². The molecule has 0 aliphatic carbocycles. The molecule has 0 fully saturated rings. The molecule has 0 saturated heterocycles. The monoisotopic (exact) mass is 247 g/mol. The number of amides is 1. The lowest BCUT2D eigenvalue weighted by Crippen LogP contribution is -2.44. The van der Waals surface area contributed by atoms with Crippen LogP contribution in [0.25, 0.3) is 0 Å². The molecule has 1 atom stereocenters. The van der Waals surface area contributed by atoms with Crippen LogP contribution in [-0.4, -0.2) is 18.7 Å². The van der Waals surface area contributed by atoms with Crippen LogP contribution in [0.3, 0.4) is 0 Å². The second kappa shape index (κ2) is 6.84. The van der Waals surface area contributed by atoms with Crippen LogP contribution in [-0.2, 0) is 11.2 Å². The van der Waals surface area contributed by atoms with E-state index in [1.54, 1.807) is 0 Å². The van der Waals surface area contributed by atoms with E-state index in [-0.39, 0.29) is 5.54 Å². The number of carbonyl (C=O) groups is 1. The summed E-state index contributed by atoms with van der Waals surface area (Å²) in [6.07, 6.45) is 5.28. The van der Waals surface area contributed by atoms with Gasteiger partial charge in [0.2, 0.25) is 0 Å². The molecule has 1 aromatic rings. The van der Waals surface area contributed by atoms with E-state index >= 15 is 0 Å². The molecule has 0 bridgehead atoms. The van der Waals surface area contributed by atoms with Gasteiger partial charge < -0.3 is 10.1 Å². The fourth-order valence-electron chi connectivity index (χ4n) is 1.89. The maximum Gasteiger partial charge on any atom is 0.407 e. The SMILES string of the molecule is C/C=C/[C@@](C)(CCc1ccccc1)NC(=O)OC. The molecular formula is C15H21NO2. The molecule has 3 heteroatoms. The molecule has 3 nitrogen and oxygen atoms in total. The van der Waals surface area contributed by atoms with Crippen LogP contribution in [0.2, 0.25) is 0 Å². The lowest BCUT2D eigenvalue weighted by molar-refractivity contribution is 0.161. The zero-order chi connectivity index (χ0) is 13.4. The minimum atomic E-state index is -0.399. The first-order valence-corrected chi connectivity index (χ1v) is 6.13. The number of hydrogen-bond donors (Lipinski definition) is 1. The summed E-state index contributed by atoms with van der Waals surface area (Å²) in [5.41, 5.74) is 0.886. The second-order valence-electron chi connectivity index (χ2n) is 4.52. The Morgan fingerprint density at radius 1 is 1.39 bits per heavy atom. The number of allylic oxidation sites excluding steroid dienone is 1. The number of ether oxygens (including phenoxy) is 1. The van der Waals surface area contributed by atoms with Gasteiger partial charge in [0.15, 0.2) is 0 Å². The Hall–Kier alpha value is -1.77. The highest BCUT2D eigenvalue weighted by Gasteiger charge is 2.23. The molecule has 1 aromatic carbocycles. The standard InChI is InChI=1S/C15H21NO2/c1-4-11-15(2,16-14(17)18-3)12-10-13-8-6-5-7-9-13/h4-9,11H,10,12H2,1-3H3,(H,16,17)/b11-4+/t15-/m0/s1. The molecule has 0 saturated carbocycles. The fourth-order valence-corrected chi connectivity index (χ4v) is 1.89. The first-order chi connectivity index (χ1) is 8.59. The van der Waals surface area contributed by atoms with Crippen molar-refractivity contribution in [1.82, 2.24) is 5.32 Å². The summed E-state index contributed by atoms with van der Waals surface area (Å²) in [5, 5.41) is 2.87. The van der Waals surface area contributed by atoms with Crippen molar-refractivity contribution in [2.24, 2.45) is 0 Å². The molecule has 1 N–H and O–H groups in total. The van der Waals surface area contributed by atoms with Crippen molar-refractivity contribution >= 4 is 6.09 Å². The third-order valence-corrected chi connectivity index (χ3v) is 2.88. The molecule has 0 aliphatic rings. The highest BCUT2D eigenvalue weighted by atomic mass is 16.5. The number of benzene rings is 1. The molecule has 18 heavy (non-hydrogen) atoms. The lowest BCUT2D eigenvalue weighted by atomic mass is 9.93. The number of carbonyl (C=O) groups excluding carboxylic acids is 1. The van der Waals surface area contributed by atoms with Gasteiger partial charge in [0.1, 0.15) is 0 Å². The molecule has 1 rings (SSSR count). The summed E-state index contributed by atoms with van der Waals surface area (Å²) in [6.45, 7) is 3.94. The maximum atomic E-state index is 11.3. The van der Waals surface area contributed by atoms with Gasteiger partial charge in [-0.1, -0.05) is 42.5 Å². The zero-order valence-electron chi connectivity index (χ0n) is 11.3. The summed E-state index contributed by atoms with van der Waals surface area (Å²) in [4.78, 5) is 11.3. The third kappa shape index (κ3) is 4.62. The minimum absolute atomic E-state index is 0.377. The predicted octanol–water partition coefficient (Wildman–Crippen LogP) is 3.31. The van der Waals surface area contributed by atoms with E-state index in [9.17, 15) is 4.79 Å². The molecule has 0 aromatic heterocycles. The summed E-state index contributed by atoms with van der Waals surface area (Å²) in [6, 6.07) is 10.2. The van der Waals surface area contributed by atoms with Crippen molar-refractivity contribution in [3.05, 3.63) is 48.0 Å². The quantitative estimate of drug-likeness (QED) is 0.811. The van der Waals surface area contributed by atoms with Gasteiger partial charge in [-0.15, -0.1) is 0 Å². The third-order valence-electron chi connectivity index (χ3n) is 2.88.